The Hall–Kier alpha value is -1.31. The first kappa shape index (κ1) is 16.5. The molecule has 2 fully saturated rings. The summed E-state index contributed by atoms with van der Waals surface area (Å²) in [7, 11) is 0. The van der Waals surface area contributed by atoms with Crippen LogP contribution in [0.3, 0.4) is 0 Å². The van der Waals surface area contributed by atoms with Gasteiger partial charge in [-0.2, -0.15) is 0 Å². The molecule has 2 saturated carbocycles. The third-order valence-electron chi connectivity index (χ3n) is 5.62. The first-order valence-corrected chi connectivity index (χ1v) is 9.31. The summed E-state index contributed by atoms with van der Waals surface area (Å²) in [6.07, 6.45) is 15.7. The van der Waals surface area contributed by atoms with Gasteiger partial charge in [0.1, 0.15) is 0 Å². The molecule has 0 atom stereocenters. The van der Waals surface area contributed by atoms with Gasteiger partial charge in [-0.1, -0.05) is 50.3 Å². The predicted octanol–water partition coefficient (Wildman–Crippen LogP) is 5.99. The molecule has 0 amide bonds. The van der Waals surface area contributed by atoms with Gasteiger partial charge in [0.05, 0.1) is 6.61 Å². The monoisotopic (exact) mass is 316 g/mol. The van der Waals surface area contributed by atoms with Crippen molar-refractivity contribution < 1.29 is 9.13 Å². The molecule has 0 bridgehead atoms. The summed E-state index contributed by atoms with van der Waals surface area (Å²) in [4.78, 5) is 0. The Morgan fingerprint density at radius 2 is 1.91 bits per heavy atom. The minimum atomic E-state index is -0.175. The van der Waals surface area contributed by atoms with Crippen molar-refractivity contribution in [3.8, 4) is 5.75 Å². The third kappa shape index (κ3) is 4.37. The van der Waals surface area contributed by atoms with Gasteiger partial charge < -0.3 is 4.74 Å². The molecule has 1 aromatic rings. The lowest BCUT2D eigenvalue weighted by atomic mass is 9.85. The molecule has 0 heterocycles. The minimum Gasteiger partial charge on any atom is -0.490 e. The second kappa shape index (κ2) is 7.99. The van der Waals surface area contributed by atoms with Crippen LogP contribution in [0.2, 0.25) is 0 Å². The Balaban J connectivity index is 1.52. The maximum absolute atomic E-state index is 14.5. The number of hydrogen-bond acceptors (Lipinski definition) is 1. The van der Waals surface area contributed by atoms with Crippen LogP contribution < -0.4 is 4.74 Å². The van der Waals surface area contributed by atoms with Gasteiger partial charge in [-0.25, -0.2) is 4.39 Å². The molecular weight excluding hydrogens is 287 g/mol. The van der Waals surface area contributed by atoms with E-state index in [2.05, 4.69) is 12.2 Å². The van der Waals surface area contributed by atoms with E-state index in [1.54, 1.807) is 0 Å². The average molecular weight is 316 g/mol. The Bertz CT molecular complexity index is 539. The van der Waals surface area contributed by atoms with Gasteiger partial charge in [-0.15, -0.1) is 0 Å². The molecule has 0 saturated heterocycles. The van der Waals surface area contributed by atoms with Gasteiger partial charge in [0, 0.05) is 0 Å². The van der Waals surface area contributed by atoms with E-state index in [9.17, 15) is 4.39 Å². The average Bonchev–Trinajstić information content (AvgIpc) is 3.01. The van der Waals surface area contributed by atoms with Gasteiger partial charge in [-0.3, -0.25) is 0 Å². The van der Waals surface area contributed by atoms with Crippen LogP contribution in [0.1, 0.15) is 62.5 Å². The molecular formula is C21H29FO. The zero-order valence-corrected chi connectivity index (χ0v) is 14.3. The lowest BCUT2D eigenvalue weighted by Gasteiger charge is -2.21. The molecule has 2 aliphatic carbocycles. The number of halogens is 1. The van der Waals surface area contributed by atoms with Gasteiger partial charge >= 0.3 is 0 Å². The lowest BCUT2D eigenvalue weighted by molar-refractivity contribution is 0.267. The van der Waals surface area contributed by atoms with E-state index in [0.717, 1.165) is 35.8 Å². The number of rotatable bonds is 7. The SMILES string of the molecule is Cc1c(C/C=C/C2CCC2)ccc(OCCC2CCCC2)c1F. The maximum Gasteiger partial charge on any atom is 0.168 e. The summed E-state index contributed by atoms with van der Waals surface area (Å²) in [6, 6.07) is 3.83. The Labute approximate surface area is 139 Å². The quantitative estimate of drug-likeness (QED) is 0.561. The molecule has 0 spiro atoms. The van der Waals surface area contributed by atoms with E-state index in [-0.39, 0.29) is 5.82 Å². The normalized spacial score (nSPS) is 19.4. The van der Waals surface area contributed by atoms with Crippen molar-refractivity contribution in [2.45, 2.75) is 64.7 Å². The zero-order valence-electron chi connectivity index (χ0n) is 14.3. The first-order valence-electron chi connectivity index (χ1n) is 9.31. The van der Waals surface area contributed by atoms with Crippen molar-refractivity contribution >= 4 is 0 Å². The van der Waals surface area contributed by atoms with Crippen LogP contribution in [0.5, 0.6) is 5.75 Å². The fourth-order valence-electron chi connectivity index (χ4n) is 3.69. The molecule has 3 rings (SSSR count). The molecule has 1 aromatic carbocycles. The molecule has 23 heavy (non-hydrogen) atoms. The summed E-state index contributed by atoms with van der Waals surface area (Å²) < 4.78 is 20.2. The van der Waals surface area contributed by atoms with Gasteiger partial charge in [0.15, 0.2) is 11.6 Å². The van der Waals surface area contributed by atoms with Crippen LogP contribution in [0.15, 0.2) is 24.3 Å². The molecule has 1 nitrogen and oxygen atoms in total. The minimum absolute atomic E-state index is 0.175. The highest BCUT2D eigenvalue weighted by Gasteiger charge is 2.16. The van der Waals surface area contributed by atoms with Crippen molar-refractivity contribution in [1.29, 1.82) is 0 Å². The van der Waals surface area contributed by atoms with Crippen LogP contribution in [0.25, 0.3) is 0 Å². The molecule has 0 unspecified atom stereocenters. The third-order valence-corrected chi connectivity index (χ3v) is 5.62. The van der Waals surface area contributed by atoms with Crippen LogP contribution in [0.4, 0.5) is 4.39 Å². The fraction of sp³-hybridized carbons (Fsp3) is 0.619. The summed E-state index contributed by atoms with van der Waals surface area (Å²) in [6.45, 7) is 2.51. The van der Waals surface area contributed by atoms with Gasteiger partial charge in [0.2, 0.25) is 0 Å². The molecule has 0 aromatic heterocycles. The summed E-state index contributed by atoms with van der Waals surface area (Å²) in [5, 5.41) is 0. The largest absolute Gasteiger partial charge is 0.490 e. The van der Waals surface area contributed by atoms with E-state index >= 15 is 0 Å². The van der Waals surface area contributed by atoms with Crippen LogP contribution in [-0.4, -0.2) is 6.61 Å². The lowest BCUT2D eigenvalue weighted by Crippen LogP contribution is -2.07. The van der Waals surface area contributed by atoms with Crippen molar-refractivity contribution in [2.75, 3.05) is 6.61 Å². The number of hydrogen-bond donors (Lipinski definition) is 0. The van der Waals surface area contributed by atoms with Gasteiger partial charge in [-0.05, 0) is 61.6 Å². The number of allylic oxidation sites excluding steroid dienone is 2. The van der Waals surface area contributed by atoms with E-state index in [1.807, 2.05) is 19.1 Å². The van der Waals surface area contributed by atoms with Crippen molar-refractivity contribution in [3.05, 3.63) is 41.2 Å². The van der Waals surface area contributed by atoms with E-state index in [4.69, 9.17) is 4.74 Å². The standard InChI is InChI=1S/C21H29FO/c1-16-19(11-5-10-17-8-4-9-17)12-13-20(21(16)22)23-15-14-18-6-2-3-7-18/h5,10,12-13,17-18H,2-4,6-9,11,14-15H2,1H3/b10-5+. The van der Waals surface area contributed by atoms with Crippen molar-refractivity contribution in [2.24, 2.45) is 11.8 Å². The summed E-state index contributed by atoms with van der Waals surface area (Å²) in [5.41, 5.74) is 1.81. The van der Waals surface area contributed by atoms with E-state index in [1.165, 1.54) is 44.9 Å². The molecule has 2 aliphatic rings. The summed E-state index contributed by atoms with van der Waals surface area (Å²) >= 11 is 0. The van der Waals surface area contributed by atoms with Crippen LogP contribution in [-0.2, 0) is 6.42 Å². The van der Waals surface area contributed by atoms with Gasteiger partial charge in [0.25, 0.3) is 0 Å². The Morgan fingerprint density at radius 3 is 2.61 bits per heavy atom. The first-order chi connectivity index (χ1) is 11.2. The predicted molar refractivity (Wildman–Crippen MR) is 93.4 cm³/mol. The molecule has 0 aliphatic heterocycles. The Morgan fingerprint density at radius 1 is 1.13 bits per heavy atom. The highest BCUT2D eigenvalue weighted by atomic mass is 19.1. The highest BCUT2D eigenvalue weighted by molar-refractivity contribution is 5.37. The molecule has 0 radical (unpaired) electrons. The second-order valence-corrected chi connectivity index (χ2v) is 7.27. The summed E-state index contributed by atoms with van der Waals surface area (Å²) in [5.74, 6) is 1.80. The van der Waals surface area contributed by atoms with E-state index in [0.29, 0.717) is 12.4 Å². The number of ether oxygens (including phenoxy) is 1. The maximum atomic E-state index is 14.5. The Kier molecular flexibility index (Phi) is 5.75. The smallest absolute Gasteiger partial charge is 0.168 e. The molecule has 2 heteroatoms. The van der Waals surface area contributed by atoms with Crippen molar-refractivity contribution in [1.82, 2.24) is 0 Å². The highest BCUT2D eigenvalue weighted by Crippen LogP contribution is 2.30. The van der Waals surface area contributed by atoms with E-state index < -0.39 is 0 Å². The van der Waals surface area contributed by atoms with Crippen molar-refractivity contribution in [3.63, 3.8) is 0 Å². The second-order valence-electron chi connectivity index (χ2n) is 7.27. The molecule has 0 N–H and O–H groups in total. The van der Waals surface area contributed by atoms with Crippen LogP contribution >= 0.6 is 0 Å². The topological polar surface area (TPSA) is 9.23 Å². The number of benzene rings is 1. The zero-order chi connectivity index (χ0) is 16.1. The fourth-order valence-corrected chi connectivity index (χ4v) is 3.69. The molecule has 126 valence electrons. The van der Waals surface area contributed by atoms with Crippen LogP contribution in [0, 0.1) is 24.6 Å².